The average molecular weight is 238 g/mol. The van der Waals surface area contributed by atoms with Gasteiger partial charge in [0.15, 0.2) is 0 Å². The highest BCUT2D eigenvalue weighted by Crippen LogP contribution is 2.11. The maximum atomic E-state index is 11.7. The summed E-state index contributed by atoms with van der Waals surface area (Å²) < 4.78 is 1.73. The lowest BCUT2D eigenvalue weighted by Gasteiger charge is -2.13. The van der Waals surface area contributed by atoms with Gasteiger partial charge in [0.25, 0.3) is 0 Å². The van der Waals surface area contributed by atoms with Gasteiger partial charge in [-0.25, -0.2) is 0 Å². The zero-order chi connectivity index (χ0) is 12.8. The highest BCUT2D eigenvalue weighted by molar-refractivity contribution is 5.76. The van der Waals surface area contributed by atoms with Crippen molar-refractivity contribution >= 4 is 5.91 Å². The first kappa shape index (κ1) is 13.7. The Balaban J connectivity index is 2.36. The number of nitrogens with zero attached hydrogens (tertiary/aromatic N) is 2. The molecule has 5 heteroatoms. The molecule has 1 aromatic rings. The smallest absolute Gasteiger partial charge is 0.220 e. The third-order valence-electron chi connectivity index (χ3n) is 2.87. The first-order valence-corrected chi connectivity index (χ1v) is 6.01. The van der Waals surface area contributed by atoms with E-state index < -0.39 is 0 Å². The molecular weight excluding hydrogens is 216 g/mol. The number of rotatable bonds is 6. The molecule has 0 spiro atoms. The van der Waals surface area contributed by atoms with Crippen LogP contribution in [-0.4, -0.2) is 22.2 Å². The van der Waals surface area contributed by atoms with Gasteiger partial charge in [0.1, 0.15) is 0 Å². The van der Waals surface area contributed by atoms with Gasteiger partial charge in [-0.1, -0.05) is 6.92 Å². The van der Waals surface area contributed by atoms with Crippen LogP contribution in [-0.2, 0) is 11.8 Å². The Morgan fingerprint density at radius 2 is 2.29 bits per heavy atom. The van der Waals surface area contributed by atoms with Crippen LogP contribution in [0.4, 0.5) is 0 Å². The molecule has 1 aromatic heterocycles. The van der Waals surface area contributed by atoms with Gasteiger partial charge in [-0.15, -0.1) is 0 Å². The predicted molar refractivity (Wildman–Crippen MR) is 67.2 cm³/mol. The molecule has 3 N–H and O–H groups in total. The van der Waals surface area contributed by atoms with Crippen molar-refractivity contribution in [3.05, 3.63) is 18.0 Å². The summed E-state index contributed by atoms with van der Waals surface area (Å²) in [4.78, 5) is 11.7. The lowest BCUT2D eigenvalue weighted by Crippen LogP contribution is -2.27. The molecule has 0 fully saturated rings. The molecule has 2 unspecified atom stereocenters. The van der Waals surface area contributed by atoms with Crippen LogP contribution in [0.5, 0.6) is 0 Å². The van der Waals surface area contributed by atoms with Crippen LogP contribution in [0.3, 0.4) is 0 Å². The summed E-state index contributed by atoms with van der Waals surface area (Å²) in [6.45, 7) is 4.64. The Kier molecular flexibility index (Phi) is 5.15. The summed E-state index contributed by atoms with van der Waals surface area (Å²) >= 11 is 0. The molecule has 0 aromatic carbocycles. The number of nitrogens with two attached hydrogens (primary N) is 1. The van der Waals surface area contributed by atoms with E-state index in [-0.39, 0.29) is 11.9 Å². The maximum absolute atomic E-state index is 11.7. The van der Waals surface area contributed by atoms with Gasteiger partial charge in [-0.2, -0.15) is 5.10 Å². The lowest BCUT2D eigenvalue weighted by molar-refractivity contribution is -0.122. The minimum atomic E-state index is 0.00406. The van der Waals surface area contributed by atoms with Crippen LogP contribution >= 0.6 is 0 Å². The Bertz CT molecular complexity index is 361. The fraction of sp³-hybridized carbons (Fsp3) is 0.667. The van der Waals surface area contributed by atoms with Gasteiger partial charge in [-0.3, -0.25) is 9.48 Å². The molecule has 0 bridgehead atoms. The molecule has 5 nitrogen and oxygen atoms in total. The van der Waals surface area contributed by atoms with Crippen LogP contribution in [0, 0.1) is 5.92 Å². The van der Waals surface area contributed by atoms with Gasteiger partial charge in [0.05, 0.1) is 12.2 Å². The number of aromatic nitrogens is 2. The molecule has 0 saturated carbocycles. The van der Waals surface area contributed by atoms with Crippen molar-refractivity contribution in [1.29, 1.82) is 0 Å². The summed E-state index contributed by atoms with van der Waals surface area (Å²) in [5.74, 6) is 0.469. The quantitative estimate of drug-likeness (QED) is 0.775. The van der Waals surface area contributed by atoms with Gasteiger partial charge >= 0.3 is 0 Å². The third kappa shape index (κ3) is 4.56. The second-order valence-electron chi connectivity index (χ2n) is 4.62. The van der Waals surface area contributed by atoms with Gasteiger partial charge in [-0.05, 0) is 25.8 Å². The zero-order valence-corrected chi connectivity index (χ0v) is 10.8. The summed E-state index contributed by atoms with van der Waals surface area (Å²) in [6.07, 6.45) is 5.05. The Morgan fingerprint density at radius 3 is 2.82 bits per heavy atom. The number of aryl methyl sites for hydroxylation is 1. The normalized spacial score (nSPS) is 14.4. The second kappa shape index (κ2) is 6.39. The van der Waals surface area contributed by atoms with E-state index in [4.69, 9.17) is 5.73 Å². The molecule has 0 saturated heterocycles. The summed E-state index contributed by atoms with van der Waals surface area (Å²) in [7, 11) is 1.86. The number of nitrogens with one attached hydrogen (secondary N) is 1. The molecule has 1 heterocycles. The fourth-order valence-electron chi connectivity index (χ4n) is 1.56. The molecule has 1 amide bonds. The van der Waals surface area contributed by atoms with Crippen LogP contribution in [0.25, 0.3) is 0 Å². The predicted octanol–water partition coefficient (Wildman–Crippen LogP) is 0.972. The SMILES string of the molecule is CC(CN)CCC(=O)NC(C)c1cnn(C)c1. The molecule has 2 atom stereocenters. The number of carbonyl (C=O) groups excluding carboxylic acids is 1. The standard InChI is InChI=1S/C12H22N4O/c1-9(6-13)4-5-12(17)15-10(2)11-7-14-16(3)8-11/h7-10H,4-6,13H2,1-3H3,(H,15,17). The minimum absolute atomic E-state index is 0.00406. The van der Waals surface area contributed by atoms with E-state index in [1.165, 1.54) is 0 Å². The topological polar surface area (TPSA) is 72.9 Å². The summed E-state index contributed by atoms with van der Waals surface area (Å²) in [5.41, 5.74) is 6.53. The van der Waals surface area contributed by atoms with Gasteiger partial charge in [0, 0.05) is 25.2 Å². The monoisotopic (exact) mass is 238 g/mol. The first-order valence-electron chi connectivity index (χ1n) is 6.01. The van der Waals surface area contributed by atoms with Crippen molar-refractivity contribution in [2.75, 3.05) is 6.54 Å². The van der Waals surface area contributed by atoms with Crippen LogP contribution in [0.15, 0.2) is 12.4 Å². The molecule has 0 aliphatic carbocycles. The number of hydrogen-bond acceptors (Lipinski definition) is 3. The largest absolute Gasteiger partial charge is 0.349 e. The third-order valence-corrected chi connectivity index (χ3v) is 2.87. The van der Waals surface area contributed by atoms with E-state index in [0.29, 0.717) is 18.9 Å². The highest BCUT2D eigenvalue weighted by atomic mass is 16.1. The summed E-state index contributed by atoms with van der Waals surface area (Å²) in [5, 5.41) is 7.04. The Labute approximate surface area is 102 Å². The van der Waals surface area contributed by atoms with E-state index >= 15 is 0 Å². The van der Waals surface area contributed by atoms with Crippen molar-refractivity contribution < 1.29 is 4.79 Å². The average Bonchev–Trinajstić information content (AvgIpc) is 2.72. The van der Waals surface area contributed by atoms with Crippen molar-refractivity contribution in [2.45, 2.75) is 32.7 Å². The van der Waals surface area contributed by atoms with Crippen LogP contribution < -0.4 is 11.1 Å². The van der Waals surface area contributed by atoms with Gasteiger partial charge < -0.3 is 11.1 Å². The number of amides is 1. The number of hydrogen-bond donors (Lipinski definition) is 2. The van der Waals surface area contributed by atoms with E-state index in [2.05, 4.69) is 17.3 Å². The maximum Gasteiger partial charge on any atom is 0.220 e. The van der Waals surface area contributed by atoms with E-state index in [0.717, 1.165) is 12.0 Å². The molecule has 0 aliphatic rings. The van der Waals surface area contributed by atoms with E-state index in [1.807, 2.05) is 20.2 Å². The minimum Gasteiger partial charge on any atom is -0.349 e. The molecule has 1 rings (SSSR count). The second-order valence-corrected chi connectivity index (χ2v) is 4.62. The molecule has 0 aliphatic heterocycles. The van der Waals surface area contributed by atoms with Gasteiger partial charge in [0.2, 0.25) is 5.91 Å². The van der Waals surface area contributed by atoms with E-state index in [1.54, 1.807) is 10.9 Å². The highest BCUT2D eigenvalue weighted by Gasteiger charge is 2.11. The van der Waals surface area contributed by atoms with Crippen molar-refractivity contribution in [3.63, 3.8) is 0 Å². The Morgan fingerprint density at radius 1 is 1.59 bits per heavy atom. The molecule has 0 radical (unpaired) electrons. The number of carbonyl (C=O) groups is 1. The van der Waals surface area contributed by atoms with Crippen molar-refractivity contribution in [1.82, 2.24) is 15.1 Å². The van der Waals surface area contributed by atoms with Crippen molar-refractivity contribution in [3.8, 4) is 0 Å². The summed E-state index contributed by atoms with van der Waals surface area (Å²) in [6, 6.07) is 0.00406. The first-order chi connectivity index (χ1) is 8.02. The lowest BCUT2D eigenvalue weighted by atomic mass is 10.1. The zero-order valence-electron chi connectivity index (χ0n) is 10.8. The Hall–Kier alpha value is -1.36. The van der Waals surface area contributed by atoms with Crippen LogP contribution in [0.1, 0.15) is 38.3 Å². The van der Waals surface area contributed by atoms with Crippen molar-refractivity contribution in [2.24, 2.45) is 18.7 Å². The molecule has 17 heavy (non-hydrogen) atoms. The molecular formula is C12H22N4O. The fourth-order valence-corrected chi connectivity index (χ4v) is 1.56. The molecule has 96 valence electrons. The van der Waals surface area contributed by atoms with E-state index in [9.17, 15) is 4.79 Å². The van der Waals surface area contributed by atoms with Crippen LogP contribution in [0.2, 0.25) is 0 Å².